The van der Waals surface area contributed by atoms with Gasteiger partial charge in [-0.1, -0.05) is 6.08 Å². The fraction of sp³-hybridized carbons (Fsp3) is 0.500. The number of likely N-dealkylation sites (tertiary alicyclic amines) is 1. The third-order valence-electron chi connectivity index (χ3n) is 4.54. The molecule has 2 N–H and O–H groups in total. The summed E-state index contributed by atoms with van der Waals surface area (Å²) in [7, 11) is 0. The molecule has 4 rings (SSSR count). The molecule has 5 heteroatoms. The molecule has 5 nitrogen and oxygen atoms in total. The van der Waals surface area contributed by atoms with Crippen LogP contribution in [0.5, 0.6) is 17.2 Å². The first-order valence-corrected chi connectivity index (χ1v) is 7.53. The van der Waals surface area contributed by atoms with Crippen molar-refractivity contribution in [2.75, 3.05) is 33.0 Å². The Hall–Kier alpha value is -1.72. The Bertz CT molecular complexity index is 577. The summed E-state index contributed by atoms with van der Waals surface area (Å²) >= 11 is 0. The number of nitrogens with two attached hydrogens (primary N) is 1. The zero-order valence-corrected chi connectivity index (χ0v) is 12.0. The van der Waals surface area contributed by atoms with Crippen LogP contribution in [0.4, 0.5) is 0 Å². The number of rotatable bonds is 2. The van der Waals surface area contributed by atoms with Crippen molar-refractivity contribution in [3.8, 4) is 17.2 Å². The summed E-state index contributed by atoms with van der Waals surface area (Å²) in [6, 6.07) is 3.96. The molecule has 1 saturated heterocycles. The van der Waals surface area contributed by atoms with Crippen LogP contribution in [0.25, 0.3) is 6.08 Å². The van der Waals surface area contributed by atoms with E-state index in [-0.39, 0.29) is 12.4 Å². The van der Waals surface area contributed by atoms with Crippen LogP contribution in [-0.2, 0) is 0 Å². The fourth-order valence-corrected chi connectivity index (χ4v) is 3.28. The molecule has 0 radical (unpaired) electrons. The second-order valence-corrected chi connectivity index (χ2v) is 5.85. The van der Waals surface area contributed by atoms with E-state index in [4.69, 9.17) is 19.9 Å². The van der Waals surface area contributed by atoms with Gasteiger partial charge < -0.3 is 24.8 Å². The fourth-order valence-electron chi connectivity index (χ4n) is 3.28. The quantitative estimate of drug-likeness (QED) is 0.896. The number of benzene rings is 1. The molecule has 0 bridgehead atoms. The van der Waals surface area contributed by atoms with Gasteiger partial charge in [0.05, 0.1) is 0 Å². The van der Waals surface area contributed by atoms with Gasteiger partial charge in [-0.3, -0.25) is 0 Å². The largest absolute Gasteiger partial charge is 0.478 e. The van der Waals surface area contributed by atoms with Gasteiger partial charge in [-0.2, -0.15) is 0 Å². The SMILES string of the molecule is NCCN1CCC2(C=Cc3ccc4c(c3O2)OCO4)CC1. The van der Waals surface area contributed by atoms with Crippen molar-refractivity contribution in [3.05, 3.63) is 23.8 Å². The van der Waals surface area contributed by atoms with E-state index >= 15 is 0 Å². The van der Waals surface area contributed by atoms with E-state index in [0.29, 0.717) is 6.54 Å². The minimum absolute atomic E-state index is 0.209. The van der Waals surface area contributed by atoms with E-state index in [9.17, 15) is 0 Å². The first kappa shape index (κ1) is 13.0. The molecule has 1 aromatic rings. The standard InChI is InChI=1S/C16H20N2O3/c17-7-10-18-8-5-16(6-9-18)4-3-12-1-2-13-15(14(12)21-16)20-11-19-13/h1-4H,5-11,17H2. The number of nitrogens with zero attached hydrogens (tertiary/aromatic N) is 1. The minimum atomic E-state index is -0.209. The molecular weight excluding hydrogens is 268 g/mol. The molecule has 3 heterocycles. The maximum Gasteiger partial charge on any atom is 0.231 e. The Morgan fingerprint density at radius 3 is 2.81 bits per heavy atom. The molecule has 0 aliphatic carbocycles. The monoisotopic (exact) mass is 288 g/mol. The maximum absolute atomic E-state index is 6.38. The topological polar surface area (TPSA) is 57.0 Å². The molecule has 21 heavy (non-hydrogen) atoms. The molecule has 112 valence electrons. The Balaban J connectivity index is 1.58. The summed E-state index contributed by atoms with van der Waals surface area (Å²) in [5, 5.41) is 0. The highest BCUT2D eigenvalue weighted by atomic mass is 16.7. The third-order valence-corrected chi connectivity index (χ3v) is 4.54. The van der Waals surface area contributed by atoms with Gasteiger partial charge in [0, 0.05) is 44.6 Å². The van der Waals surface area contributed by atoms with Crippen LogP contribution < -0.4 is 19.9 Å². The molecule has 3 aliphatic rings. The lowest BCUT2D eigenvalue weighted by Crippen LogP contribution is -2.48. The maximum atomic E-state index is 6.38. The van der Waals surface area contributed by atoms with Crippen LogP contribution in [0.1, 0.15) is 18.4 Å². The van der Waals surface area contributed by atoms with E-state index in [1.54, 1.807) is 0 Å². The highest BCUT2D eigenvalue weighted by Crippen LogP contribution is 2.48. The van der Waals surface area contributed by atoms with Gasteiger partial charge in [0.25, 0.3) is 0 Å². The summed E-state index contributed by atoms with van der Waals surface area (Å²) in [5.41, 5.74) is 6.49. The zero-order valence-electron chi connectivity index (χ0n) is 12.0. The molecule has 1 aromatic carbocycles. The molecule has 3 aliphatic heterocycles. The molecule has 0 unspecified atom stereocenters. The van der Waals surface area contributed by atoms with Gasteiger partial charge in [-0.15, -0.1) is 0 Å². The predicted molar refractivity (Wildman–Crippen MR) is 79.7 cm³/mol. The average Bonchev–Trinajstić information content (AvgIpc) is 2.99. The summed E-state index contributed by atoms with van der Waals surface area (Å²) in [5.74, 6) is 2.36. The molecule has 1 fully saturated rings. The number of fused-ring (bicyclic) bond motifs is 3. The van der Waals surface area contributed by atoms with Crippen LogP contribution in [0.2, 0.25) is 0 Å². The van der Waals surface area contributed by atoms with Gasteiger partial charge in [0.15, 0.2) is 11.5 Å². The smallest absolute Gasteiger partial charge is 0.231 e. The molecular formula is C16H20N2O3. The Morgan fingerprint density at radius 2 is 2.00 bits per heavy atom. The summed E-state index contributed by atoms with van der Waals surface area (Å²) in [4.78, 5) is 2.40. The van der Waals surface area contributed by atoms with Gasteiger partial charge >= 0.3 is 0 Å². The minimum Gasteiger partial charge on any atom is -0.478 e. The lowest BCUT2D eigenvalue weighted by molar-refractivity contribution is 0.0371. The van der Waals surface area contributed by atoms with Crippen molar-refractivity contribution in [1.29, 1.82) is 0 Å². The molecule has 1 spiro atoms. The number of hydrogen-bond acceptors (Lipinski definition) is 5. The van der Waals surface area contributed by atoms with E-state index in [1.165, 1.54) is 0 Å². The third kappa shape index (κ3) is 2.17. The van der Waals surface area contributed by atoms with Gasteiger partial charge in [0.1, 0.15) is 5.60 Å². The van der Waals surface area contributed by atoms with Crippen molar-refractivity contribution in [3.63, 3.8) is 0 Å². The molecule has 0 aromatic heterocycles. The lowest BCUT2D eigenvalue weighted by atomic mass is 9.88. The summed E-state index contributed by atoms with van der Waals surface area (Å²) in [6.45, 7) is 3.98. The first-order valence-electron chi connectivity index (χ1n) is 7.53. The summed E-state index contributed by atoms with van der Waals surface area (Å²) < 4.78 is 17.4. The first-order chi connectivity index (χ1) is 10.3. The van der Waals surface area contributed by atoms with E-state index in [0.717, 1.165) is 55.3 Å². The van der Waals surface area contributed by atoms with Crippen LogP contribution in [0.15, 0.2) is 18.2 Å². The second-order valence-electron chi connectivity index (χ2n) is 5.85. The van der Waals surface area contributed by atoms with E-state index < -0.39 is 0 Å². The molecule has 0 saturated carbocycles. The Kier molecular flexibility index (Phi) is 3.05. The second kappa shape index (κ2) is 4.93. The van der Waals surface area contributed by atoms with Crippen LogP contribution in [0, 0.1) is 0 Å². The molecule has 0 amide bonds. The normalized spacial score (nSPS) is 22.1. The Labute approximate surface area is 124 Å². The number of piperidine rings is 1. The van der Waals surface area contributed by atoms with Crippen molar-refractivity contribution in [2.24, 2.45) is 5.73 Å². The van der Waals surface area contributed by atoms with Crippen molar-refractivity contribution in [1.82, 2.24) is 4.90 Å². The van der Waals surface area contributed by atoms with Gasteiger partial charge in [-0.05, 0) is 18.2 Å². The van der Waals surface area contributed by atoms with Gasteiger partial charge in [0.2, 0.25) is 12.5 Å². The van der Waals surface area contributed by atoms with Crippen molar-refractivity contribution in [2.45, 2.75) is 18.4 Å². The Morgan fingerprint density at radius 1 is 1.14 bits per heavy atom. The predicted octanol–water partition coefficient (Wildman–Crippen LogP) is 1.61. The number of hydrogen-bond donors (Lipinski definition) is 1. The zero-order chi connectivity index (χ0) is 14.3. The van der Waals surface area contributed by atoms with Crippen LogP contribution in [-0.4, -0.2) is 43.5 Å². The van der Waals surface area contributed by atoms with E-state index in [2.05, 4.69) is 17.1 Å². The van der Waals surface area contributed by atoms with Crippen molar-refractivity contribution >= 4 is 6.08 Å². The van der Waals surface area contributed by atoms with E-state index in [1.807, 2.05) is 12.1 Å². The highest BCUT2D eigenvalue weighted by molar-refractivity contribution is 5.69. The van der Waals surface area contributed by atoms with Gasteiger partial charge in [-0.25, -0.2) is 0 Å². The average molecular weight is 288 g/mol. The van der Waals surface area contributed by atoms with Crippen LogP contribution >= 0.6 is 0 Å². The summed E-state index contributed by atoms with van der Waals surface area (Å²) in [6.07, 6.45) is 6.32. The lowest BCUT2D eigenvalue weighted by Gasteiger charge is -2.41. The van der Waals surface area contributed by atoms with Crippen LogP contribution in [0.3, 0.4) is 0 Å². The number of ether oxygens (including phenoxy) is 3. The van der Waals surface area contributed by atoms with Crippen molar-refractivity contribution < 1.29 is 14.2 Å². The highest BCUT2D eigenvalue weighted by Gasteiger charge is 2.38. The molecule has 0 atom stereocenters.